The number of hydrogen-bond donors (Lipinski definition) is 2. The Kier molecular flexibility index (Phi) is 4.34. The number of carbonyl (C=O) groups excluding carboxylic acids is 1. The summed E-state index contributed by atoms with van der Waals surface area (Å²) in [5.74, 6) is 1.85. The molecule has 2 aromatic heterocycles. The molecule has 1 aromatic carbocycles. The summed E-state index contributed by atoms with van der Waals surface area (Å²) in [6.45, 7) is 0.686. The molecule has 0 bridgehead atoms. The van der Waals surface area contributed by atoms with E-state index in [9.17, 15) is 4.79 Å². The predicted molar refractivity (Wildman–Crippen MR) is 92.5 cm³/mol. The molecule has 1 amide bonds. The first kappa shape index (κ1) is 16.2. The highest BCUT2D eigenvalue weighted by atomic mass is 16.5. The van der Waals surface area contributed by atoms with Crippen LogP contribution < -0.4 is 5.73 Å². The van der Waals surface area contributed by atoms with E-state index in [0.717, 1.165) is 18.4 Å². The van der Waals surface area contributed by atoms with E-state index in [1.54, 1.807) is 0 Å². The highest BCUT2D eigenvalue weighted by Crippen LogP contribution is 2.32. The standard InChI is InChI=1S/C17H19N7O2/c18-17-19-13(21-22-17)8-9-14(25)24-10-4-7-12(24)16-20-15(23-26-16)11-5-2-1-3-6-11/h1-3,5-6,12H,4,7-10H2,(H3,18,19,21,22)/t12-/m1/s1. The van der Waals surface area contributed by atoms with Gasteiger partial charge < -0.3 is 15.2 Å². The lowest BCUT2D eigenvalue weighted by Gasteiger charge is -2.21. The van der Waals surface area contributed by atoms with E-state index < -0.39 is 0 Å². The molecular weight excluding hydrogens is 334 g/mol. The Labute approximate surface area is 149 Å². The second-order valence-electron chi connectivity index (χ2n) is 6.21. The summed E-state index contributed by atoms with van der Waals surface area (Å²) < 4.78 is 5.45. The van der Waals surface area contributed by atoms with E-state index >= 15 is 0 Å². The summed E-state index contributed by atoms with van der Waals surface area (Å²) in [5.41, 5.74) is 6.37. The monoisotopic (exact) mass is 353 g/mol. The molecule has 1 fully saturated rings. The maximum Gasteiger partial charge on any atom is 0.249 e. The third kappa shape index (κ3) is 3.28. The van der Waals surface area contributed by atoms with Gasteiger partial charge in [-0.1, -0.05) is 35.5 Å². The van der Waals surface area contributed by atoms with Crippen LogP contribution in [0, 0.1) is 0 Å². The number of amides is 1. The molecule has 0 spiro atoms. The Morgan fingerprint density at radius 2 is 2.15 bits per heavy atom. The van der Waals surface area contributed by atoms with Crippen molar-refractivity contribution in [2.45, 2.75) is 31.7 Å². The summed E-state index contributed by atoms with van der Waals surface area (Å²) in [5, 5.41) is 10.5. The van der Waals surface area contributed by atoms with Crippen LogP contribution in [0.15, 0.2) is 34.9 Å². The van der Waals surface area contributed by atoms with Gasteiger partial charge in [-0.05, 0) is 12.8 Å². The smallest absolute Gasteiger partial charge is 0.249 e. The van der Waals surface area contributed by atoms with Crippen molar-refractivity contribution < 1.29 is 9.32 Å². The van der Waals surface area contributed by atoms with E-state index in [1.807, 2.05) is 35.2 Å². The van der Waals surface area contributed by atoms with Crippen molar-refractivity contribution in [3.8, 4) is 11.4 Å². The van der Waals surface area contributed by atoms with Gasteiger partial charge in [-0.2, -0.15) is 9.97 Å². The van der Waals surface area contributed by atoms with Gasteiger partial charge in [0.1, 0.15) is 11.9 Å². The van der Waals surface area contributed by atoms with Crippen LogP contribution >= 0.6 is 0 Å². The zero-order chi connectivity index (χ0) is 17.9. The second-order valence-corrected chi connectivity index (χ2v) is 6.21. The minimum atomic E-state index is -0.174. The average molecular weight is 353 g/mol. The van der Waals surface area contributed by atoms with Crippen molar-refractivity contribution in [1.29, 1.82) is 0 Å². The number of aromatic nitrogens is 5. The lowest BCUT2D eigenvalue weighted by Crippen LogP contribution is -2.31. The van der Waals surface area contributed by atoms with Gasteiger partial charge in [-0.25, -0.2) is 0 Å². The molecule has 0 radical (unpaired) electrons. The zero-order valence-electron chi connectivity index (χ0n) is 14.1. The predicted octanol–water partition coefficient (Wildman–Crippen LogP) is 1.73. The van der Waals surface area contributed by atoms with Gasteiger partial charge in [-0.3, -0.25) is 9.89 Å². The van der Waals surface area contributed by atoms with Crippen molar-refractivity contribution in [2.75, 3.05) is 12.3 Å². The Morgan fingerprint density at radius 1 is 1.31 bits per heavy atom. The van der Waals surface area contributed by atoms with E-state index in [4.69, 9.17) is 10.3 Å². The molecule has 4 rings (SSSR count). The van der Waals surface area contributed by atoms with Crippen LogP contribution in [0.5, 0.6) is 0 Å². The van der Waals surface area contributed by atoms with Crippen molar-refractivity contribution >= 4 is 11.9 Å². The van der Waals surface area contributed by atoms with Crippen LogP contribution in [0.25, 0.3) is 11.4 Å². The minimum Gasteiger partial charge on any atom is -0.367 e. The fourth-order valence-electron chi connectivity index (χ4n) is 3.19. The third-order valence-electron chi connectivity index (χ3n) is 4.46. The normalized spacial score (nSPS) is 16.9. The molecule has 26 heavy (non-hydrogen) atoms. The third-order valence-corrected chi connectivity index (χ3v) is 4.46. The molecule has 0 saturated carbocycles. The zero-order valence-corrected chi connectivity index (χ0v) is 14.1. The lowest BCUT2D eigenvalue weighted by molar-refractivity contribution is -0.132. The van der Waals surface area contributed by atoms with Crippen LogP contribution in [0.3, 0.4) is 0 Å². The number of carbonyl (C=O) groups is 1. The molecule has 3 heterocycles. The van der Waals surface area contributed by atoms with E-state index in [0.29, 0.717) is 36.9 Å². The summed E-state index contributed by atoms with van der Waals surface area (Å²) in [6.07, 6.45) is 2.52. The SMILES string of the molecule is Nc1n[nH]c(CCC(=O)N2CCC[C@@H]2c2nc(-c3ccccc3)no2)n1. The quantitative estimate of drug-likeness (QED) is 0.715. The maximum absolute atomic E-state index is 12.6. The first-order valence-electron chi connectivity index (χ1n) is 8.56. The molecule has 1 aliphatic rings. The molecule has 3 N–H and O–H groups in total. The fourth-order valence-corrected chi connectivity index (χ4v) is 3.19. The molecule has 0 aliphatic carbocycles. The van der Waals surface area contributed by atoms with Crippen LogP contribution in [-0.4, -0.2) is 42.7 Å². The van der Waals surface area contributed by atoms with Crippen molar-refractivity contribution in [1.82, 2.24) is 30.2 Å². The summed E-state index contributed by atoms with van der Waals surface area (Å²) in [7, 11) is 0. The molecule has 1 atom stereocenters. The summed E-state index contributed by atoms with van der Waals surface area (Å²) >= 11 is 0. The molecule has 9 heteroatoms. The Hall–Kier alpha value is -3.23. The van der Waals surface area contributed by atoms with Gasteiger partial charge in [0.2, 0.25) is 23.6 Å². The maximum atomic E-state index is 12.6. The molecule has 134 valence electrons. The number of aromatic amines is 1. The number of likely N-dealkylation sites (tertiary alicyclic amines) is 1. The topological polar surface area (TPSA) is 127 Å². The molecular formula is C17H19N7O2. The number of nitrogens with zero attached hydrogens (tertiary/aromatic N) is 5. The average Bonchev–Trinajstić information content (AvgIpc) is 3.40. The Morgan fingerprint density at radius 3 is 2.92 bits per heavy atom. The Bertz CT molecular complexity index is 889. The molecule has 1 aliphatic heterocycles. The van der Waals surface area contributed by atoms with Crippen LogP contribution in [0.1, 0.15) is 37.0 Å². The summed E-state index contributed by atoms with van der Waals surface area (Å²) in [4.78, 5) is 23.0. The highest BCUT2D eigenvalue weighted by molar-refractivity contribution is 5.77. The van der Waals surface area contributed by atoms with E-state index in [2.05, 4.69) is 25.3 Å². The molecule has 0 unspecified atom stereocenters. The number of nitrogen functional groups attached to an aromatic ring is 1. The van der Waals surface area contributed by atoms with Crippen LogP contribution in [0.2, 0.25) is 0 Å². The minimum absolute atomic E-state index is 0.0296. The molecule has 1 saturated heterocycles. The van der Waals surface area contributed by atoms with Crippen molar-refractivity contribution in [3.05, 3.63) is 42.0 Å². The fraction of sp³-hybridized carbons (Fsp3) is 0.353. The number of H-pyrrole nitrogens is 1. The highest BCUT2D eigenvalue weighted by Gasteiger charge is 2.33. The van der Waals surface area contributed by atoms with Crippen LogP contribution in [-0.2, 0) is 11.2 Å². The second kappa shape index (κ2) is 6.95. The van der Waals surface area contributed by atoms with Gasteiger partial charge in [-0.15, -0.1) is 5.10 Å². The van der Waals surface area contributed by atoms with Gasteiger partial charge in [0.15, 0.2) is 0 Å². The van der Waals surface area contributed by atoms with E-state index in [-0.39, 0.29) is 17.9 Å². The number of nitrogens with one attached hydrogen (secondary N) is 1. The van der Waals surface area contributed by atoms with Crippen LogP contribution in [0.4, 0.5) is 5.95 Å². The van der Waals surface area contributed by atoms with Gasteiger partial charge in [0.25, 0.3) is 0 Å². The lowest BCUT2D eigenvalue weighted by atomic mass is 10.2. The first-order chi connectivity index (χ1) is 12.7. The van der Waals surface area contributed by atoms with Crippen molar-refractivity contribution in [3.63, 3.8) is 0 Å². The number of nitrogens with two attached hydrogens (primary N) is 1. The number of rotatable bonds is 5. The Balaban J connectivity index is 1.44. The number of hydrogen-bond acceptors (Lipinski definition) is 7. The van der Waals surface area contributed by atoms with Gasteiger partial charge in [0, 0.05) is 24.9 Å². The number of aryl methyl sites for hydroxylation is 1. The number of anilines is 1. The van der Waals surface area contributed by atoms with Gasteiger partial charge in [0.05, 0.1) is 0 Å². The van der Waals surface area contributed by atoms with Gasteiger partial charge >= 0.3 is 0 Å². The molecule has 9 nitrogen and oxygen atoms in total. The first-order valence-corrected chi connectivity index (χ1v) is 8.56. The summed E-state index contributed by atoms with van der Waals surface area (Å²) in [6, 6.07) is 9.46. The van der Waals surface area contributed by atoms with Crippen molar-refractivity contribution in [2.24, 2.45) is 0 Å². The molecule has 3 aromatic rings. The van der Waals surface area contributed by atoms with E-state index in [1.165, 1.54) is 0 Å². The number of benzene rings is 1. The largest absolute Gasteiger partial charge is 0.367 e.